The second-order valence-electron chi connectivity index (χ2n) is 3.69. The lowest BCUT2D eigenvalue weighted by atomic mass is 10.0. The van der Waals surface area contributed by atoms with Crippen LogP contribution in [0.3, 0.4) is 0 Å². The maximum atomic E-state index is 13.6. The van der Waals surface area contributed by atoms with Gasteiger partial charge in [0.25, 0.3) is 0 Å². The standard InChI is InChI=1S/C12H17ClFN/c1-3-5-10(15-2)8-9-6-4-7-11(13)12(9)14/h4,6-7,10,15H,3,5,8H2,1-2H3. The van der Waals surface area contributed by atoms with Crippen molar-refractivity contribution in [3.05, 3.63) is 34.6 Å². The summed E-state index contributed by atoms with van der Waals surface area (Å²) in [5.74, 6) is -0.282. The third-order valence-electron chi connectivity index (χ3n) is 2.54. The molecule has 0 aliphatic carbocycles. The number of hydrogen-bond acceptors (Lipinski definition) is 1. The highest BCUT2D eigenvalue weighted by atomic mass is 35.5. The molecule has 0 amide bonds. The van der Waals surface area contributed by atoms with Crippen LogP contribution in [-0.4, -0.2) is 13.1 Å². The molecular formula is C12H17ClFN. The number of hydrogen-bond donors (Lipinski definition) is 1. The topological polar surface area (TPSA) is 12.0 Å². The largest absolute Gasteiger partial charge is 0.317 e. The molecule has 1 atom stereocenters. The van der Waals surface area contributed by atoms with Crippen LogP contribution in [0, 0.1) is 5.82 Å². The van der Waals surface area contributed by atoms with Gasteiger partial charge in [-0.05, 0) is 31.5 Å². The van der Waals surface area contributed by atoms with Gasteiger partial charge in [0.05, 0.1) is 5.02 Å². The Labute approximate surface area is 95.6 Å². The summed E-state index contributed by atoms with van der Waals surface area (Å²) < 4.78 is 13.6. The average Bonchev–Trinajstić information content (AvgIpc) is 2.24. The van der Waals surface area contributed by atoms with Crippen LogP contribution in [-0.2, 0) is 6.42 Å². The van der Waals surface area contributed by atoms with Crippen molar-refractivity contribution in [2.45, 2.75) is 32.2 Å². The van der Waals surface area contributed by atoms with Crippen LogP contribution in [0.2, 0.25) is 5.02 Å². The van der Waals surface area contributed by atoms with E-state index in [4.69, 9.17) is 11.6 Å². The molecule has 1 nitrogen and oxygen atoms in total. The fourth-order valence-corrected chi connectivity index (χ4v) is 1.86. The second-order valence-corrected chi connectivity index (χ2v) is 4.10. The lowest BCUT2D eigenvalue weighted by molar-refractivity contribution is 0.499. The van der Waals surface area contributed by atoms with Gasteiger partial charge in [-0.1, -0.05) is 37.1 Å². The molecular weight excluding hydrogens is 213 g/mol. The molecule has 0 aliphatic heterocycles. The van der Waals surface area contributed by atoms with E-state index in [2.05, 4.69) is 12.2 Å². The molecule has 1 aromatic rings. The Hall–Kier alpha value is -0.600. The number of benzene rings is 1. The van der Waals surface area contributed by atoms with Crippen LogP contribution < -0.4 is 5.32 Å². The van der Waals surface area contributed by atoms with Crippen LogP contribution in [0.1, 0.15) is 25.3 Å². The summed E-state index contributed by atoms with van der Waals surface area (Å²) in [6.45, 7) is 2.12. The highest BCUT2D eigenvalue weighted by molar-refractivity contribution is 6.30. The first-order valence-electron chi connectivity index (χ1n) is 5.29. The van der Waals surface area contributed by atoms with E-state index in [1.807, 2.05) is 7.05 Å². The Morgan fingerprint density at radius 3 is 2.80 bits per heavy atom. The number of rotatable bonds is 5. The molecule has 0 aromatic heterocycles. The van der Waals surface area contributed by atoms with Crippen molar-refractivity contribution >= 4 is 11.6 Å². The molecule has 0 fully saturated rings. The first-order chi connectivity index (χ1) is 7.19. The molecule has 1 unspecified atom stereocenters. The molecule has 0 heterocycles. The number of likely N-dealkylation sites (N-methyl/N-ethyl adjacent to an activating group) is 1. The summed E-state index contributed by atoms with van der Waals surface area (Å²) in [7, 11) is 1.91. The third kappa shape index (κ3) is 3.47. The van der Waals surface area contributed by atoms with Gasteiger partial charge in [-0.15, -0.1) is 0 Å². The zero-order valence-electron chi connectivity index (χ0n) is 9.19. The molecule has 1 rings (SSSR count). The zero-order valence-corrected chi connectivity index (χ0v) is 9.94. The van der Waals surface area contributed by atoms with E-state index in [-0.39, 0.29) is 10.8 Å². The molecule has 1 aromatic carbocycles. The Bertz CT molecular complexity index is 314. The molecule has 0 spiro atoms. The van der Waals surface area contributed by atoms with Crippen LogP contribution in [0.5, 0.6) is 0 Å². The Kier molecular flexibility index (Phi) is 5.06. The van der Waals surface area contributed by atoms with E-state index in [0.717, 1.165) is 12.8 Å². The maximum absolute atomic E-state index is 13.6. The molecule has 15 heavy (non-hydrogen) atoms. The molecule has 1 N–H and O–H groups in total. The van der Waals surface area contributed by atoms with Gasteiger partial charge in [-0.2, -0.15) is 0 Å². The van der Waals surface area contributed by atoms with Gasteiger partial charge in [-0.3, -0.25) is 0 Å². The van der Waals surface area contributed by atoms with E-state index in [0.29, 0.717) is 18.0 Å². The van der Waals surface area contributed by atoms with Gasteiger partial charge in [0.15, 0.2) is 0 Å². The van der Waals surface area contributed by atoms with E-state index >= 15 is 0 Å². The van der Waals surface area contributed by atoms with Crippen LogP contribution >= 0.6 is 11.6 Å². The monoisotopic (exact) mass is 229 g/mol. The minimum Gasteiger partial charge on any atom is -0.317 e. The lowest BCUT2D eigenvalue weighted by Crippen LogP contribution is -2.27. The minimum absolute atomic E-state index is 0.207. The Balaban J connectivity index is 2.74. The van der Waals surface area contributed by atoms with Crippen LogP contribution in [0.4, 0.5) is 4.39 Å². The van der Waals surface area contributed by atoms with Crippen molar-refractivity contribution < 1.29 is 4.39 Å². The van der Waals surface area contributed by atoms with Gasteiger partial charge in [0.1, 0.15) is 5.82 Å². The van der Waals surface area contributed by atoms with E-state index in [1.54, 1.807) is 18.2 Å². The second kappa shape index (κ2) is 6.09. The van der Waals surface area contributed by atoms with Gasteiger partial charge in [0, 0.05) is 6.04 Å². The van der Waals surface area contributed by atoms with Gasteiger partial charge >= 0.3 is 0 Å². The molecule has 3 heteroatoms. The fraction of sp³-hybridized carbons (Fsp3) is 0.500. The van der Waals surface area contributed by atoms with Crippen LogP contribution in [0.15, 0.2) is 18.2 Å². The first kappa shape index (κ1) is 12.5. The third-order valence-corrected chi connectivity index (χ3v) is 2.84. The molecule has 0 saturated heterocycles. The highest BCUT2D eigenvalue weighted by Gasteiger charge is 2.11. The van der Waals surface area contributed by atoms with E-state index < -0.39 is 0 Å². The lowest BCUT2D eigenvalue weighted by Gasteiger charge is -2.15. The predicted octanol–water partition coefficient (Wildman–Crippen LogP) is 3.41. The minimum atomic E-state index is -0.282. The zero-order chi connectivity index (χ0) is 11.3. The van der Waals surface area contributed by atoms with Crippen molar-refractivity contribution in [1.82, 2.24) is 5.32 Å². The van der Waals surface area contributed by atoms with Gasteiger partial charge in [0.2, 0.25) is 0 Å². The van der Waals surface area contributed by atoms with Gasteiger partial charge < -0.3 is 5.32 Å². The molecule has 0 radical (unpaired) electrons. The Morgan fingerprint density at radius 1 is 1.47 bits per heavy atom. The van der Waals surface area contributed by atoms with Crippen molar-refractivity contribution in [2.24, 2.45) is 0 Å². The summed E-state index contributed by atoms with van der Waals surface area (Å²) in [5.41, 5.74) is 0.690. The smallest absolute Gasteiger partial charge is 0.145 e. The summed E-state index contributed by atoms with van der Waals surface area (Å²) in [6.07, 6.45) is 2.83. The molecule has 0 bridgehead atoms. The molecule has 0 aliphatic rings. The van der Waals surface area contributed by atoms with E-state index in [1.165, 1.54) is 0 Å². The summed E-state index contributed by atoms with van der Waals surface area (Å²) in [6, 6.07) is 5.48. The SMILES string of the molecule is CCCC(Cc1cccc(Cl)c1F)NC. The number of nitrogens with one attached hydrogen (secondary N) is 1. The van der Waals surface area contributed by atoms with E-state index in [9.17, 15) is 4.39 Å². The Morgan fingerprint density at radius 2 is 2.20 bits per heavy atom. The maximum Gasteiger partial charge on any atom is 0.145 e. The van der Waals surface area contributed by atoms with Crippen molar-refractivity contribution in [1.29, 1.82) is 0 Å². The average molecular weight is 230 g/mol. The van der Waals surface area contributed by atoms with Crippen molar-refractivity contribution in [2.75, 3.05) is 7.05 Å². The quantitative estimate of drug-likeness (QED) is 0.816. The predicted molar refractivity (Wildman–Crippen MR) is 62.9 cm³/mol. The van der Waals surface area contributed by atoms with Crippen LogP contribution in [0.25, 0.3) is 0 Å². The van der Waals surface area contributed by atoms with Crippen molar-refractivity contribution in [3.8, 4) is 0 Å². The summed E-state index contributed by atoms with van der Waals surface area (Å²) >= 11 is 5.72. The van der Waals surface area contributed by atoms with Gasteiger partial charge in [-0.25, -0.2) is 4.39 Å². The van der Waals surface area contributed by atoms with Crippen molar-refractivity contribution in [3.63, 3.8) is 0 Å². The molecule has 84 valence electrons. The molecule has 0 saturated carbocycles. The first-order valence-corrected chi connectivity index (χ1v) is 5.67. The highest BCUT2D eigenvalue weighted by Crippen LogP contribution is 2.19. The number of halogens is 2. The fourth-order valence-electron chi connectivity index (χ4n) is 1.67. The normalized spacial score (nSPS) is 12.8. The summed E-state index contributed by atoms with van der Waals surface area (Å²) in [5, 5.41) is 3.40. The summed E-state index contributed by atoms with van der Waals surface area (Å²) in [4.78, 5) is 0.